The fraction of sp³-hybridized carbons (Fsp3) is 0.111. The van der Waals surface area contributed by atoms with Crippen molar-refractivity contribution in [3.8, 4) is 0 Å². The Hall–Kier alpha value is -1.13. The molecule has 2 rings (SSSR count). The van der Waals surface area contributed by atoms with E-state index in [1.807, 2.05) is 18.2 Å². The Morgan fingerprint density at radius 3 is 2.22 bits per heavy atom. The predicted molar refractivity (Wildman–Crippen MR) is 74.6 cm³/mol. The van der Waals surface area contributed by atoms with Gasteiger partial charge in [-0.2, -0.15) is 4.40 Å². The van der Waals surface area contributed by atoms with Crippen LogP contribution in [-0.4, -0.2) is 16.5 Å². The van der Waals surface area contributed by atoms with Crippen LogP contribution in [0, 0.1) is 0 Å². The second-order valence-electron chi connectivity index (χ2n) is 4.02. The van der Waals surface area contributed by atoms with Crippen LogP contribution in [0.3, 0.4) is 0 Å². The SMILES string of the molecule is F[P-](F)(F)(F)(F)F.O=C(Nc1c[n+]2c(Br)cccc2[nH]1)C(F)Cl. The van der Waals surface area contributed by atoms with Gasteiger partial charge in [0.25, 0.3) is 17.2 Å². The molecular weight excluding hydrogens is 445 g/mol. The molecule has 132 valence electrons. The fourth-order valence-corrected chi connectivity index (χ4v) is 1.78. The number of halogens is 9. The molecule has 14 heteroatoms. The number of carbonyl (C=O) groups excluding carboxylic acids is 1. The summed E-state index contributed by atoms with van der Waals surface area (Å²) >= 11 is 8.33. The Labute approximate surface area is 137 Å². The van der Waals surface area contributed by atoms with Crippen LogP contribution in [0.2, 0.25) is 0 Å². The topological polar surface area (TPSA) is 49.0 Å². The Kier molecular flexibility index (Phi) is 4.98. The monoisotopic (exact) mass is 451 g/mol. The van der Waals surface area contributed by atoms with Crippen molar-refractivity contribution in [2.45, 2.75) is 5.63 Å². The summed E-state index contributed by atoms with van der Waals surface area (Å²) in [5, 5.41) is 2.31. The minimum absolute atomic E-state index is 0.375. The van der Waals surface area contributed by atoms with E-state index in [1.165, 1.54) is 0 Å². The van der Waals surface area contributed by atoms with Crippen LogP contribution in [0.4, 0.5) is 35.4 Å². The van der Waals surface area contributed by atoms with E-state index in [9.17, 15) is 34.4 Å². The van der Waals surface area contributed by atoms with E-state index in [2.05, 4.69) is 26.2 Å². The third kappa shape index (κ3) is 8.92. The quantitative estimate of drug-likeness (QED) is 0.208. The summed E-state index contributed by atoms with van der Waals surface area (Å²) in [5.41, 5.74) is -1.30. The van der Waals surface area contributed by atoms with Gasteiger partial charge in [0, 0.05) is 6.07 Å². The van der Waals surface area contributed by atoms with Crippen LogP contribution < -0.4 is 9.72 Å². The molecule has 2 heterocycles. The molecule has 2 N–H and O–H groups in total. The smallest absolute Gasteiger partial charge is 0.286 e. The Bertz CT molecular complexity index is 722. The molecule has 0 fully saturated rings. The molecule has 4 nitrogen and oxygen atoms in total. The number of hydrogen-bond donors (Lipinski definition) is 2. The number of aromatic amines is 1. The number of hydrogen-bond acceptors (Lipinski definition) is 1. The second kappa shape index (κ2) is 5.75. The van der Waals surface area contributed by atoms with Crippen LogP contribution >= 0.6 is 35.3 Å². The summed E-state index contributed by atoms with van der Waals surface area (Å²) in [6.45, 7) is 0. The standard InChI is InChI=1S/C9H6BrClFN3O.F6P/c10-5-2-1-3-7-13-6(4-15(5)7)14-9(16)8(11)12;1-7(2,3,4,5)6/h1-4,8H,(H,14,16);/q;-1/p+1. The van der Waals surface area contributed by atoms with Crippen molar-refractivity contribution in [2.75, 3.05) is 5.32 Å². The summed E-state index contributed by atoms with van der Waals surface area (Å²) in [4.78, 5) is 13.9. The number of imidazole rings is 1. The zero-order valence-corrected chi connectivity index (χ0v) is 13.8. The molecule has 0 aliphatic heterocycles. The number of amides is 1. The molecule has 1 atom stereocenters. The van der Waals surface area contributed by atoms with E-state index in [-0.39, 0.29) is 0 Å². The first-order valence-corrected chi connectivity index (χ1v) is 8.63. The number of fused-ring (bicyclic) bond motifs is 1. The third-order valence-electron chi connectivity index (χ3n) is 1.95. The zero-order chi connectivity index (χ0) is 18.1. The molecular formula is C9H7BrClF7N3OP. The number of H-pyrrole nitrogens is 1. The first kappa shape index (κ1) is 19.9. The number of alkyl halides is 2. The second-order valence-corrected chi connectivity index (χ2v) is 7.13. The van der Waals surface area contributed by atoms with E-state index in [1.54, 1.807) is 10.6 Å². The Balaban J connectivity index is 0.000000322. The van der Waals surface area contributed by atoms with Crippen molar-refractivity contribution in [1.29, 1.82) is 0 Å². The van der Waals surface area contributed by atoms with Gasteiger partial charge in [0.15, 0.2) is 10.8 Å². The average Bonchev–Trinajstić information content (AvgIpc) is 2.68. The molecule has 0 aliphatic carbocycles. The van der Waals surface area contributed by atoms with Crippen molar-refractivity contribution in [2.24, 2.45) is 0 Å². The van der Waals surface area contributed by atoms with E-state index < -0.39 is 19.3 Å². The molecule has 0 aliphatic rings. The number of pyridine rings is 1. The zero-order valence-electron chi connectivity index (χ0n) is 10.6. The average molecular weight is 452 g/mol. The maximum Gasteiger partial charge on any atom is 0.286 e. The van der Waals surface area contributed by atoms with E-state index in [4.69, 9.17) is 11.6 Å². The van der Waals surface area contributed by atoms with Gasteiger partial charge >= 0.3 is 33.0 Å². The van der Waals surface area contributed by atoms with Crippen LogP contribution in [-0.2, 0) is 4.79 Å². The number of rotatable bonds is 2. The summed E-state index contributed by atoms with van der Waals surface area (Å²) in [6, 6.07) is 5.49. The Morgan fingerprint density at radius 1 is 1.26 bits per heavy atom. The number of carbonyl (C=O) groups is 1. The van der Waals surface area contributed by atoms with Gasteiger partial charge in [-0.3, -0.25) is 10.1 Å². The molecule has 0 bridgehead atoms. The summed E-state index contributed by atoms with van der Waals surface area (Å²) in [6.07, 6.45) is 1.62. The van der Waals surface area contributed by atoms with Crippen molar-refractivity contribution in [3.05, 3.63) is 29.0 Å². The molecule has 1 amide bonds. The van der Waals surface area contributed by atoms with Gasteiger partial charge in [-0.25, -0.2) is 9.37 Å². The number of anilines is 1. The summed E-state index contributed by atoms with van der Waals surface area (Å²) < 4.78 is 74.2. The van der Waals surface area contributed by atoms with E-state index >= 15 is 0 Å². The first-order valence-electron chi connectivity index (χ1n) is 5.37. The minimum atomic E-state index is -10.7. The van der Waals surface area contributed by atoms with Crippen LogP contribution in [0.1, 0.15) is 0 Å². The van der Waals surface area contributed by atoms with Gasteiger partial charge in [0.2, 0.25) is 5.82 Å². The fourth-order valence-electron chi connectivity index (χ4n) is 1.28. The van der Waals surface area contributed by atoms with Crippen LogP contribution in [0.25, 0.3) is 5.65 Å². The maximum atomic E-state index is 12.4. The van der Waals surface area contributed by atoms with Gasteiger partial charge < -0.3 is 0 Å². The van der Waals surface area contributed by atoms with Gasteiger partial charge in [0.05, 0.1) is 0 Å². The Morgan fingerprint density at radius 2 is 1.78 bits per heavy atom. The predicted octanol–water partition coefficient (Wildman–Crippen LogP) is 5.37. The van der Waals surface area contributed by atoms with Gasteiger partial charge in [-0.15, -0.1) is 0 Å². The van der Waals surface area contributed by atoms with Gasteiger partial charge in [0.1, 0.15) is 0 Å². The van der Waals surface area contributed by atoms with Gasteiger partial charge in [-0.05, 0) is 28.1 Å². The largest absolute Gasteiger partial charge is 0.286 e. The van der Waals surface area contributed by atoms with Crippen molar-refractivity contribution < 1.29 is 38.8 Å². The maximum absolute atomic E-state index is 12.4. The molecule has 0 saturated heterocycles. The normalized spacial score (nSPS) is 15.9. The van der Waals surface area contributed by atoms with Crippen molar-refractivity contribution >= 4 is 52.7 Å². The van der Waals surface area contributed by atoms with Crippen molar-refractivity contribution in [1.82, 2.24) is 4.98 Å². The summed E-state index contributed by atoms with van der Waals surface area (Å²) in [7, 11) is -10.7. The molecule has 0 aromatic carbocycles. The molecule has 2 aromatic rings. The van der Waals surface area contributed by atoms with E-state index in [0.29, 0.717) is 5.82 Å². The first-order chi connectivity index (χ1) is 10.0. The van der Waals surface area contributed by atoms with Crippen molar-refractivity contribution in [3.63, 3.8) is 0 Å². The number of nitrogens with zero attached hydrogens (tertiary/aromatic N) is 1. The molecule has 23 heavy (non-hydrogen) atoms. The molecule has 1 unspecified atom stereocenters. The van der Waals surface area contributed by atoms with Crippen LogP contribution in [0.15, 0.2) is 29.0 Å². The van der Waals surface area contributed by atoms with Crippen LogP contribution in [0.5, 0.6) is 0 Å². The third-order valence-corrected chi connectivity index (χ3v) is 2.80. The minimum Gasteiger partial charge on any atom is -0.286 e. The number of aromatic nitrogens is 2. The van der Waals surface area contributed by atoms with Gasteiger partial charge in [-0.1, -0.05) is 11.6 Å². The molecule has 0 saturated carbocycles. The number of nitrogens with one attached hydrogen (secondary N) is 2. The van der Waals surface area contributed by atoms with E-state index in [0.717, 1.165) is 10.3 Å². The molecule has 0 spiro atoms. The molecule has 0 radical (unpaired) electrons. The summed E-state index contributed by atoms with van der Waals surface area (Å²) in [5.74, 6) is -0.523. The molecule has 2 aromatic heterocycles.